The Morgan fingerprint density at radius 2 is 2.04 bits per heavy atom. The highest BCUT2D eigenvalue weighted by atomic mass is 32.1. The molecule has 2 aromatic rings. The maximum absolute atomic E-state index is 12.5. The van der Waals surface area contributed by atoms with Crippen LogP contribution in [0.3, 0.4) is 0 Å². The Labute approximate surface area is 141 Å². The molecule has 0 bridgehead atoms. The average Bonchev–Trinajstić information content (AvgIpc) is 3.10. The second-order valence-corrected chi connectivity index (χ2v) is 6.69. The number of urea groups is 1. The van der Waals surface area contributed by atoms with Crippen LogP contribution >= 0.6 is 11.3 Å². The molecule has 0 saturated carbocycles. The SMILES string of the molecule is CN(C)c1ccccc1NC(=O)N1CC=C(c2cccs2)CC1. The Bertz CT molecular complexity index is 707. The molecule has 23 heavy (non-hydrogen) atoms. The summed E-state index contributed by atoms with van der Waals surface area (Å²) in [5, 5.41) is 5.12. The summed E-state index contributed by atoms with van der Waals surface area (Å²) in [5.74, 6) is 0. The highest BCUT2D eigenvalue weighted by molar-refractivity contribution is 7.11. The fraction of sp³-hybridized carbons (Fsp3) is 0.278. The zero-order chi connectivity index (χ0) is 16.2. The molecule has 0 aliphatic carbocycles. The minimum atomic E-state index is -0.0409. The van der Waals surface area contributed by atoms with E-state index in [1.54, 1.807) is 11.3 Å². The number of hydrogen-bond acceptors (Lipinski definition) is 3. The van der Waals surface area contributed by atoms with Gasteiger partial charge in [-0.1, -0.05) is 24.3 Å². The first kappa shape index (κ1) is 15.6. The van der Waals surface area contributed by atoms with E-state index < -0.39 is 0 Å². The van der Waals surface area contributed by atoms with Gasteiger partial charge < -0.3 is 15.1 Å². The first-order chi connectivity index (χ1) is 11.1. The summed E-state index contributed by atoms with van der Waals surface area (Å²) in [6.45, 7) is 1.41. The average molecular weight is 327 g/mol. The van der Waals surface area contributed by atoms with Crippen molar-refractivity contribution in [1.82, 2.24) is 4.90 Å². The molecule has 0 spiro atoms. The van der Waals surface area contributed by atoms with Gasteiger partial charge in [-0.05, 0) is 35.6 Å². The summed E-state index contributed by atoms with van der Waals surface area (Å²) in [7, 11) is 3.95. The van der Waals surface area contributed by atoms with E-state index in [9.17, 15) is 4.79 Å². The van der Waals surface area contributed by atoms with Crippen molar-refractivity contribution in [3.05, 3.63) is 52.7 Å². The van der Waals surface area contributed by atoms with Crippen molar-refractivity contribution in [3.63, 3.8) is 0 Å². The third-order valence-corrected chi connectivity index (χ3v) is 4.91. The first-order valence-electron chi connectivity index (χ1n) is 7.70. The monoisotopic (exact) mass is 327 g/mol. The predicted molar refractivity (Wildman–Crippen MR) is 98.3 cm³/mol. The number of para-hydroxylation sites is 2. The molecule has 0 radical (unpaired) electrons. The molecule has 2 amide bonds. The molecule has 2 heterocycles. The lowest BCUT2D eigenvalue weighted by Crippen LogP contribution is -2.38. The number of rotatable bonds is 3. The van der Waals surface area contributed by atoms with Crippen molar-refractivity contribution in [1.29, 1.82) is 0 Å². The van der Waals surface area contributed by atoms with Crippen molar-refractivity contribution >= 4 is 34.3 Å². The van der Waals surface area contributed by atoms with E-state index in [2.05, 4.69) is 28.9 Å². The maximum atomic E-state index is 12.5. The van der Waals surface area contributed by atoms with Crippen molar-refractivity contribution in [2.45, 2.75) is 6.42 Å². The zero-order valence-corrected chi connectivity index (χ0v) is 14.3. The second kappa shape index (κ2) is 6.87. The Hall–Kier alpha value is -2.27. The van der Waals surface area contributed by atoms with Crippen LogP contribution < -0.4 is 10.2 Å². The fourth-order valence-electron chi connectivity index (χ4n) is 2.70. The number of nitrogens with one attached hydrogen (secondary N) is 1. The summed E-state index contributed by atoms with van der Waals surface area (Å²) in [6, 6.07) is 12.0. The normalized spacial score (nSPS) is 14.3. The second-order valence-electron chi connectivity index (χ2n) is 5.74. The maximum Gasteiger partial charge on any atom is 0.322 e. The Balaban J connectivity index is 1.66. The van der Waals surface area contributed by atoms with Crippen molar-refractivity contribution in [2.75, 3.05) is 37.4 Å². The van der Waals surface area contributed by atoms with Gasteiger partial charge in [-0.15, -0.1) is 11.3 Å². The number of carbonyl (C=O) groups is 1. The predicted octanol–water partition coefficient (Wildman–Crippen LogP) is 4.14. The fourth-order valence-corrected chi connectivity index (χ4v) is 3.50. The lowest BCUT2D eigenvalue weighted by molar-refractivity contribution is 0.217. The van der Waals surface area contributed by atoms with Crippen molar-refractivity contribution in [3.8, 4) is 0 Å². The van der Waals surface area contributed by atoms with Gasteiger partial charge in [0.15, 0.2) is 0 Å². The van der Waals surface area contributed by atoms with E-state index >= 15 is 0 Å². The number of nitrogens with zero attached hydrogens (tertiary/aromatic N) is 2. The molecule has 0 fully saturated rings. The van der Waals surface area contributed by atoms with Crippen LogP contribution in [0.2, 0.25) is 0 Å². The number of benzene rings is 1. The van der Waals surface area contributed by atoms with Gasteiger partial charge in [-0.2, -0.15) is 0 Å². The van der Waals surface area contributed by atoms with E-state index in [4.69, 9.17) is 0 Å². The van der Waals surface area contributed by atoms with Gasteiger partial charge >= 0.3 is 6.03 Å². The minimum Gasteiger partial charge on any atom is -0.376 e. The number of hydrogen-bond donors (Lipinski definition) is 1. The molecule has 1 aliphatic heterocycles. The minimum absolute atomic E-state index is 0.0409. The molecular formula is C18H21N3OS. The molecule has 3 rings (SSSR count). The smallest absolute Gasteiger partial charge is 0.322 e. The molecule has 4 nitrogen and oxygen atoms in total. The van der Waals surface area contributed by atoms with Gasteiger partial charge in [0.2, 0.25) is 0 Å². The molecular weight excluding hydrogens is 306 g/mol. The molecule has 120 valence electrons. The van der Waals surface area contributed by atoms with Crippen LogP contribution in [-0.2, 0) is 0 Å². The standard InChI is InChI=1S/C18H21N3OS/c1-20(2)16-7-4-3-6-15(16)19-18(22)21-11-9-14(10-12-21)17-8-5-13-23-17/h3-9,13H,10-12H2,1-2H3,(H,19,22). The molecule has 5 heteroatoms. The number of amides is 2. The van der Waals surface area contributed by atoms with Gasteiger partial charge in [0.25, 0.3) is 0 Å². The Morgan fingerprint density at radius 1 is 1.22 bits per heavy atom. The lowest BCUT2D eigenvalue weighted by Gasteiger charge is -2.27. The van der Waals surface area contributed by atoms with Crippen LogP contribution in [0, 0.1) is 0 Å². The molecule has 1 aromatic heterocycles. The number of thiophene rings is 1. The van der Waals surface area contributed by atoms with Crippen LogP contribution in [-0.4, -0.2) is 38.1 Å². The summed E-state index contributed by atoms with van der Waals surface area (Å²) in [6.07, 6.45) is 3.07. The highest BCUT2D eigenvalue weighted by Gasteiger charge is 2.19. The molecule has 0 saturated heterocycles. The molecule has 1 aromatic carbocycles. The Kier molecular flexibility index (Phi) is 4.67. The van der Waals surface area contributed by atoms with E-state index in [0.717, 1.165) is 24.3 Å². The molecule has 1 aliphatic rings. The van der Waals surface area contributed by atoms with Crippen LogP contribution in [0.4, 0.5) is 16.2 Å². The molecule has 1 N–H and O–H groups in total. The molecule has 0 unspecified atom stereocenters. The largest absolute Gasteiger partial charge is 0.376 e. The molecule has 0 atom stereocenters. The summed E-state index contributed by atoms with van der Waals surface area (Å²) >= 11 is 1.75. The van der Waals surface area contributed by atoms with E-state index in [1.807, 2.05) is 48.2 Å². The third-order valence-electron chi connectivity index (χ3n) is 3.96. The van der Waals surface area contributed by atoms with Crippen LogP contribution in [0.5, 0.6) is 0 Å². The van der Waals surface area contributed by atoms with Gasteiger partial charge in [0.1, 0.15) is 0 Å². The Morgan fingerprint density at radius 3 is 2.70 bits per heavy atom. The first-order valence-corrected chi connectivity index (χ1v) is 8.58. The third kappa shape index (κ3) is 3.56. The summed E-state index contributed by atoms with van der Waals surface area (Å²) in [5.41, 5.74) is 3.20. The van der Waals surface area contributed by atoms with Gasteiger partial charge in [0.05, 0.1) is 11.4 Å². The number of carbonyl (C=O) groups excluding carboxylic acids is 1. The van der Waals surface area contributed by atoms with Crippen LogP contribution in [0.25, 0.3) is 5.57 Å². The van der Waals surface area contributed by atoms with E-state index in [0.29, 0.717) is 6.54 Å². The van der Waals surface area contributed by atoms with Crippen molar-refractivity contribution in [2.24, 2.45) is 0 Å². The van der Waals surface area contributed by atoms with Gasteiger partial charge in [0, 0.05) is 32.1 Å². The summed E-state index contributed by atoms with van der Waals surface area (Å²) in [4.78, 5) is 17.7. The zero-order valence-electron chi connectivity index (χ0n) is 13.5. The number of anilines is 2. The lowest BCUT2D eigenvalue weighted by atomic mass is 10.1. The van der Waals surface area contributed by atoms with Crippen LogP contribution in [0.15, 0.2) is 47.9 Å². The van der Waals surface area contributed by atoms with Crippen molar-refractivity contribution < 1.29 is 4.79 Å². The quantitative estimate of drug-likeness (QED) is 0.920. The highest BCUT2D eigenvalue weighted by Crippen LogP contribution is 2.27. The van der Waals surface area contributed by atoms with Gasteiger partial charge in [-0.25, -0.2) is 4.79 Å². The topological polar surface area (TPSA) is 35.6 Å². The van der Waals surface area contributed by atoms with Crippen LogP contribution in [0.1, 0.15) is 11.3 Å². The van der Waals surface area contributed by atoms with E-state index in [-0.39, 0.29) is 6.03 Å². The van der Waals surface area contributed by atoms with E-state index in [1.165, 1.54) is 10.5 Å². The summed E-state index contributed by atoms with van der Waals surface area (Å²) < 4.78 is 0. The van der Waals surface area contributed by atoms with Gasteiger partial charge in [-0.3, -0.25) is 0 Å².